The van der Waals surface area contributed by atoms with E-state index in [2.05, 4.69) is 4.98 Å². The first-order valence-corrected chi connectivity index (χ1v) is 10.3. The van der Waals surface area contributed by atoms with Gasteiger partial charge in [0.15, 0.2) is 0 Å². The van der Waals surface area contributed by atoms with Gasteiger partial charge in [-0.1, -0.05) is 59.6 Å². The molecule has 0 bridgehead atoms. The number of hydrogen-bond donors (Lipinski definition) is 0. The molecule has 0 N–H and O–H groups in total. The van der Waals surface area contributed by atoms with Crippen LogP contribution in [0.2, 0.25) is 10.0 Å². The van der Waals surface area contributed by atoms with Crippen LogP contribution in [0, 0.1) is 5.82 Å². The molecule has 0 fully saturated rings. The van der Waals surface area contributed by atoms with Crippen molar-refractivity contribution in [3.8, 4) is 28.1 Å². The number of aromatic nitrogens is 1. The first kappa shape index (κ1) is 25.2. The maximum Gasteiger partial charge on any atom is 1.00 e. The number of carboxylic acid groups (broad SMARTS) is 1. The monoisotopic (exact) mass is 489 g/mol. The van der Waals surface area contributed by atoms with E-state index >= 15 is 0 Å². The predicted molar refractivity (Wildman–Crippen MR) is 120 cm³/mol. The van der Waals surface area contributed by atoms with Gasteiger partial charge in [0.05, 0.1) is 22.4 Å². The Balaban J connectivity index is 0.00000306. The van der Waals surface area contributed by atoms with Crippen LogP contribution in [0.5, 0.6) is 5.75 Å². The third-order valence-corrected chi connectivity index (χ3v) is 5.42. The largest absolute Gasteiger partial charge is 1.00 e. The Morgan fingerprint density at radius 1 is 0.909 bits per heavy atom. The number of rotatable bonds is 6. The molecule has 0 spiro atoms. The number of halogens is 3. The molecule has 4 rings (SSSR count). The van der Waals surface area contributed by atoms with E-state index in [-0.39, 0.29) is 52.4 Å². The Morgan fingerprint density at radius 3 is 2.36 bits per heavy atom. The standard InChI is InChI=1S/C25H16Cl2FNO3.Na/c26-15-11-12-24(32-14-19-20(27)7-3-8-21(19)28)18(13-15)16-5-1-2-6-17(16)22-9-4-10-23(29-22)25(30)31;/h1-13H,14H2,(H,30,31);/q;+1/p-1. The van der Waals surface area contributed by atoms with E-state index in [0.29, 0.717) is 33.2 Å². The van der Waals surface area contributed by atoms with E-state index in [1.807, 2.05) is 24.3 Å². The van der Waals surface area contributed by atoms with Gasteiger partial charge in [-0.2, -0.15) is 0 Å². The second-order valence-corrected chi connectivity index (χ2v) is 7.71. The number of carbonyl (C=O) groups is 1. The number of hydrogen-bond acceptors (Lipinski definition) is 4. The van der Waals surface area contributed by atoms with Gasteiger partial charge in [-0.05, 0) is 48.0 Å². The number of pyridine rings is 1. The van der Waals surface area contributed by atoms with Gasteiger partial charge in [0.25, 0.3) is 0 Å². The molecule has 8 heteroatoms. The van der Waals surface area contributed by atoms with E-state index < -0.39 is 11.8 Å². The fourth-order valence-electron chi connectivity index (χ4n) is 3.30. The van der Waals surface area contributed by atoms with Crippen molar-refractivity contribution >= 4 is 29.2 Å². The fraction of sp³-hybridized carbons (Fsp3) is 0.0400. The van der Waals surface area contributed by atoms with Gasteiger partial charge in [-0.25, -0.2) is 9.37 Å². The zero-order valence-corrected chi connectivity index (χ0v) is 21.0. The summed E-state index contributed by atoms with van der Waals surface area (Å²) in [7, 11) is 0. The molecule has 0 saturated heterocycles. The van der Waals surface area contributed by atoms with Crippen molar-refractivity contribution in [2.24, 2.45) is 0 Å². The van der Waals surface area contributed by atoms with Crippen LogP contribution >= 0.6 is 23.2 Å². The van der Waals surface area contributed by atoms with Crippen molar-refractivity contribution in [1.82, 2.24) is 4.98 Å². The average molecular weight is 490 g/mol. The summed E-state index contributed by atoms with van der Waals surface area (Å²) in [5.41, 5.74) is 2.55. The van der Waals surface area contributed by atoms with Gasteiger partial charge in [-0.3, -0.25) is 0 Å². The topological polar surface area (TPSA) is 62.2 Å². The molecule has 4 aromatic rings. The van der Waals surface area contributed by atoms with Crippen LogP contribution in [-0.4, -0.2) is 11.0 Å². The molecule has 0 aliphatic heterocycles. The molecule has 0 unspecified atom stereocenters. The number of ether oxygens (including phenoxy) is 1. The van der Waals surface area contributed by atoms with Gasteiger partial charge in [0.2, 0.25) is 0 Å². The zero-order chi connectivity index (χ0) is 22.7. The summed E-state index contributed by atoms with van der Waals surface area (Å²) in [4.78, 5) is 15.5. The number of benzene rings is 3. The molecule has 0 saturated carbocycles. The fourth-order valence-corrected chi connectivity index (χ4v) is 3.69. The summed E-state index contributed by atoms with van der Waals surface area (Å²) in [6, 6.07) is 21.5. The third kappa shape index (κ3) is 5.75. The summed E-state index contributed by atoms with van der Waals surface area (Å²) < 4.78 is 20.1. The molecular weight excluding hydrogens is 475 g/mol. The van der Waals surface area contributed by atoms with E-state index in [1.165, 1.54) is 18.2 Å². The number of carboxylic acids is 1. The minimum atomic E-state index is -1.36. The molecule has 0 aliphatic carbocycles. The van der Waals surface area contributed by atoms with E-state index in [1.54, 1.807) is 36.4 Å². The molecular formula is C25H15Cl2FNNaO3. The van der Waals surface area contributed by atoms with Crippen molar-refractivity contribution < 1.29 is 48.6 Å². The molecule has 160 valence electrons. The van der Waals surface area contributed by atoms with Crippen molar-refractivity contribution in [3.05, 3.63) is 106 Å². The minimum Gasteiger partial charge on any atom is -0.543 e. The number of nitrogens with zero attached hydrogens (tertiary/aromatic N) is 1. The summed E-state index contributed by atoms with van der Waals surface area (Å²) in [6.07, 6.45) is 0. The summed E-state index contributed by atoms with van der Waals surface area (Å²) in [5, 5.41) is 12.0. The van der Waals surface area contributed by atoms with Gasteiger partial charge in [0, 0.05) is 21.7 Å². The minimum absolute atomic E-state index is 0. The summed E-state index contributed by atoms with van der Waals surface area (Å²) >= 11 is 12.4. The van der Waals surface area contributed by atoms with E-state index in [4.69, 9.17) is 27.9 Å². The maximum atomic E-state index is 14.2. The molecule has 0 aliphatic rings. The smallest absolute Gasteiger partial charge is 0.543 e. The number of aromatic carboxylic acids is 1. The number of carbonyl (C=O) groups excluding carboxylic acids is 1. The molecule has 3 aromatic carbocycles. The first-order valence-electron chi connectivity index (χ1n) is 9.57. The maximum absolute atomic E-state index is 14.2. The van der Waals surface area contributed by atoms with Gasteiger partial charge in [-0.15, -0.1) is 0 Å². The Hall–Kier alpha value is -2.41. The van der Waals surface area contributed by atoms with Crippen molar-refractivity contribution in [2.75, 3.05) is 0 Å². The Bertz CT molecular complexity index is 1300. The van der Waals surface area contributed by atoms with E-state index in [9.17, 15) is 14.3 Å². The van der Waals surface area contributed by atoms with Crippen LogP contribution in [0.4, 0.5) is 4.39 Å². The van der Waals surface area contributed by atoms with Gasteiger partial charge >= 0.3 is 29.6 Å². The second kappa shape index (κ2) is 11.1. The first-order chi connectivity index (χ1) is 15.4. The molecule has 0 amide bonds. The van der Waals surface area contributed by atoms with Gasteiger partial charge < -0.3 is 14.6 Å². The Labute approximate surface area is 222 Å². The van der Waals surface area contributed by atoms with Crippen LogP contribution in [0.3, 0.4) is 0 Å². The average Bonchev–Trinajstić information content (AvgIpc) is 2.79. The van der Waals surface area contributed by atoms with Crippen molar-refractivity contribution in [1.29, 1.82) is 0 Å². The molecule has 0 radical (unpaired) electrons. The summed E-state index contributed by atoms with van der Waals surface area (Å²) in [5.74, 6) is -1.37. The third-order valence-electron chi connectivity index (χ3n) is 4.83. The van der Waals surface area contributed by atoms with E-state index in [0.717, 1.165) is 0 Å². The summed E-state index contributed by atoms with van der Waals surface area (Å²) in [6.45, 7) is -0.0826. The SMILES string of the molecule is O=C([O-])c1cccc(-c2ccccc2-c2cc(Cl)ccc2OCc2c(F)cccc2Cl)n1.[Na+]. The molecule has 4 nitrogen and oxygen atoms in total. The van der Waals surface area contributed by atoms with Crippen molar-refractivity contribution in [3.63, 3.8) is 0 Å². The molecule has 33 heavy (non-hydrogen) atoms. The van der Waals surface area contributed by atoms with Crippen LogP contribution in [0.1, 0.15) is 16.1 Å². The zero-order valence-electron chi connectivity index (χ0n) is 17.5. The van der Waals surface area contributed by atoms with Crippen LogP contribution in [-0.2, 0) is 6.61 Å². The molecule has 0 atom stereocenters. The van der Waals surface area contributed by atoms with Crippen LogP contribution in [0.15, 0.2) is 78.9 Å². The second-order valence-electron chi connectivity index (χ2n) is 6.87. The van der Waals surface area contributed by atoms with Crippen molar-refractivity contribution in [2.45, 2.75) is 6.61 Å². The van der Waals surface area contributed by atoms with Crippen LogP contribution in [0.25, 0.3) is 22.4 Å². The Morgan fingerprint density at radius 2 is 1.64 bits per heavy atom. The normalized spacial score (nSPS) is 10.4. The Kier molecular flexibility index (Phi) is 8.51. The van der Waals surface area contributed by atoms with Gasteiger partial charge in [0.1, 0.15) is 18.2 Å². The quantitative estimate of drug-likeness (QED) is 0.390. The molecule has 1 aromatic heterocycles. The predicted octanol–water partition coefficient (Wildman–Crippen LogP) is 2.81. The molecule has 1 heterocycles. The van der Waals surface area contributed by atoms with Crippen LogP contribution < -0.4 is 39.4 Å².